The Balaban J connectivity index is 3.79. The zero-order valence-electron chi connectivity index (χ0n) is 30.5. The van der Waals surface area contributed by atoms with Gasteiger partial charge in [0.15, 0.2) is 0 Å². The summed E-state index contributed by atoms with van der Waals surface area (Å²) >= 11 is 0. The molecule has 3 unspecified atom stereocenters. The molecule has 0 spiro atoms. The molecule has 0 rings (SSSR count). The highest BCUT2D eigenvalue weighted by molar-refractivity contribution is 5.80. The van der Waals surface area contributed by atoms with E-state index in [4.69, 9.17) is 0 Å². The normalized spacial score (nSPS) is 14.1. The Bertz CT molecular complexity index is 719. The fourth-order valence-electron chi connectivity index (χ4n) is 5.80. The summed E-state index contributed by atoms with van der Waals surface area (Å²) in [5.74, 6) is -0.518. The van der Waals surface area contributed by atoms with Crippen LogP contribution in [0.3, 0.4) is 0 Å². The molecule has 1 amide bonds. The van der Waals surface area contributed by atoms with E-state index >= 15 is 0 Å². The molecule has 0 radical (unpaired) electrons. The number of amides is 1. The van der Waals surface area contributed by atoms with E-state index < -0.39 is 24.2 Å². The molecule has 0 saturated heterocycles. The average molecular weight is 648 g/mol. The van der Waals surface area contributed by atoms with Crippen molar-refractivity contribution in [2.75, 3.05) is 6.61 Å². The van der Waals surface area contributed by atoms with Gasteiger partial charge in [0, 0.05) is 0 Å². The molecular weight excluding hydrogens is 570 g/mol. The smallest absolute Gasteiger partial charge is 0.249 e. The van der Waals surface area contributed by atoms with Crippen molar-refractivity contribution >= 4 is 5.91 Å². The first-order chi connectivity index (χ1) is 22.6. The zero-order chi connectivity index (χ0) is 33.8. The Morgan fingerprint density at radius 2 is 0.891 bits per heavy atom. The van der Waals surface area contributed by atoms with Gasteiger partial charge >= 0.3 is 0 Å². The van der Waals surface area contributed by atoms with Crippen molar-refractivity contribution in [1.82, 2.24) is 5.32 Å². The van der Waals surface area contributed by atoms with Gasteiger partial charge in [0.05, 0.1) is 18.8 Å². The average Bonchev–Trinajstić information content (AvgIpc) is 3.06. The van der Waals surface area contributed by atoms with Crippen molar-refractivity contribution in [2.24, 2.45) is 0 Å². The zero-order valence-corrected chi connectivity index (χ0v) is 30.5. The second kappa shape index (κ2) is 36.4. The topological polar surface area (TPSA) is 89.8 Å². The van der Waals surface area contributed by atoms with Gasteiger partial charge in [-0.3, -0.25) is 4.79 Å². The van der Waals surface area contributed by atoms with Crippen LogP contribution in [0.4, 0.5) is 0 Å². The molecular formula is C41H77NO4. The van der Waals surface area contributed by atoms with Crippen LogP contribution < -0.4 is 5.32 Å². The van der Waals surface area contributed by atoms with E-state index in [-0.39, 0.29) is 6.61 Å². The van der Waals surface area contributed by atoms with E-state index in [1.165, 1.54) is 128 Å². The molecule has 3 atom stereocenters. The number of aliphatic hydroxyl groups excluding tert-OH is 3. The monoisotopic (exact) mass is 648 g/mol. The van der Waals surface area contributed by atoms with Crippen LogP contribution in [0.15, 0.2) is 36.5 Å². The van der Waals surface area contributed by atoms with E-state index in [2.05, 4.69) is 43.5 Å². The predicted octanol–water partition coefficient (Wildman–Crippen LogP) is 10.8. The van der Waals surface area contributed by atoms with Crippen LogP contribution in [0.25, 0.3) is 0 Å². The summed E-state index contributed by atoms with van der Waals surface area (Å²) < 4.78 is 0. The molecule has 270 valence electrons. The van der Waals surface area contributed by atoms with Crippen LogP contribution in [-0.4, -0.2) is 46.1 Å². The van der Waals surface area contributed by atoms with Gasteiger partial charge in [-0.05, 0) is 44.9 Å². The summed E-state index contributed by atoms with van der Waals surface area (Å²) in [4.78, 5) is 12.4. The van der Waals surface area contributed by atoms with E-state index in [1.807, 2.05) is 6.08 Å². The van der Waals surface area contributed by atoms with Crippen LogP contribution in [0.1, 0.15) is 194 Å². The number of carbonyl (C=O) groups is 1. The quantitative estimate of drug-likeness (QED) is 0.0407. The molecule has 0 aromatic rings. The number of hydrogen-bond donors (Lipinski definition) is 4. The van der Waals surface area contributed by atoms with Crippen LogP contribution in [-0.2, 0) is 4.79 Å². The standard InChI is InChI=1S/C41H77NO4/c1-3-5-7-9-11-13-15-17-18-19-20-21-22-23-24-26-27-29-31-33-35-39(44)38(37-43)42-41(46)40(45)36-34-32-30-28-25-16-14-12-10-8-6-4-2/h21-22,26-27,33,35,38-40,43-45H,3-20,23-25,28-32,34,36-37H2,1-2H3,(H,42,46)/b22-21+,27-26+,35-33+. The fraction of sp³-hybridized carbons (Fsp3) is 0.829. The molecule has 0 aliphatic carbocycles. The molecule has 0 aliphatic heterocycles. The van der Waals surface area contributed by atoms with E-state index in [1.54, 1.807) is 6.08 Å². The Morgan fingerprint density at radius 1 is 0.522 bits per heavy atom. The lowest BCUT2D eigenvalue weighted by Gasteiger charge is -2.21. The number of rotatable bonds is 35. The first kappa shape index (κ1) is 44.6. The highest BCUT2D eigenvalue weighted by Gasteiger charge is 2.22. The molecule has 0 aromatic carbocycles. The summed E-state index contributed by atoms with van der Waals surface area (Å²) in [5.41, 5.74) is 0. The second-order valence-corrected chi connectivity index (χ2v) is 13.5. The molecule has 0 saturated carbocycles. The maximum Gasteiger partial charge on any atom is 0.249 e. The molecule has 0 aromatic heterocycles. The van der Waals surface area contributed by atoms with Gasteiger partial charge in [-0.2, -0.15) is 0 Å². The van der Waals surface area contributed by atoms with Crippen molar-refractivity contribution in [2.45, 2.75) is 212 Å². The van der Waals surface area contributed by atoms with Crippen LogP contribution in [0.2, 0.25) is 0 Å². The number of allylic oxidation sites excluding steroid dienone is 5. The third-order valence-electron chi connectivity index (χ3n) is 8.96. The number of hydrogen-bond acceptors (Lipinski definition) is 4. The second-order valence-electron chi connectivity index (χ2n) is 13.5. The number of nitrogens with one attached hydrogen (secondary N) is 1. The summed E-state index contributed by atoms with van der Waals surface area (Å²) in [5, 5.41) is 32.9. The van der Waals surface area contributed by atoms with E-state index in [9.17, 15) is 20.1 Å². The summed E-state index contributed by atoms with van der Waals surface area (Å²) in [6.45, 7) is 4.15. The third kappa shape index (κ3) is 31.2. The van der Waals surface area contributed by atoms with E-state index in [0.717, 1.165) is 44.9 Å². The minimum Gasteiger partial charge on any atom is -0.394 e. The van der Waals surface area contributed by atoms with Crippen LogP contribution in [0, 0.1) is 0 Å². The molecule has 5 heteroatoms. The Hall–Kier alpha value is -1.43. The van der Waals surface area contributed by atoms with Gasteiger partial charge in [0.2, 0.25) is 5.91 Å². The van der Waals surface area contributed by atoms with E-state index in [0.29, 0.717) is 6.42 Å². The maximum absolute atomic E-state index is 12.4. The van der Waals surface area contributed by atoms with Crippen molar-refractivity contribution in [3.63, 3.8) is 0 Å². The SMILES string of the molecule is CCCCCCCCCCCC/C=C/CC/C=C/CC/C=C/C(O)C(CO)NC(=O)C(O)CCCCCCCCCCCCCC. The fourth-order valence-corrected chi connectivity index (χ4v) is 5.80. The molecule has 0 fully saturated rings. The summed E-state index contributed by atoms with van der Waals surface area (Å²) in [6, 6.07) is -0.817. The highest BCUT2D eigenvalue weighted by atomic mass is 16.3. The molecule has 4 N–H and O–H groups in total. The van der Waals surface area contributed by atoms with Crippen LogP contribution >= 0.6 is 0 Å². The lowest BCUT2D eigenvalue weighted by molar-refractivity contribution is -0.131. The lowest BCUT2D eigenvalue weighted by Crippen LogP contribution is -2.48. The Labute approximate surface area is 285 Å². The number of aliphatic hydroxyl groups is 3. The van der Waals surface area contributed by atoms with Crippen molar-refractivity contribution in [1.29, 1.82) is 0 Å². The first-order valence-electron chi connectivity index (χ1n) is 19.8. The largest absolute Gasteiger partial charge is 0.394 e. The minimum atomic E-state index is -1.10. The lowest BCUT2D eigenvalue weighted by atomic mass is 10.0. The molecule has 0 heterocycles. The van der Waals surface area contributed by atoms with Gasteiger partial charge in [0.1, 0.15) is 6.10 Å². The molecule has 0 aliphatic rings. The van der Waals surface area contributed by atoms with Gasteiger partial charge < -0.3 is 20.6 Å². The highest BCUT2D eigenvalue weighted by Crippen LogP contribution is 2.14. The Morgan fingerprint density at radius 3 is 1.33 bits per heavy atom. The third-order valence-corrected chi connectivity index (χ3v) is 8.96. The summed E-state index contributed by atoms with van der Waals surface area (Å²) in [6.07, 6.45) is 44.5. The summed E-state index contributed by atoms with van der Waals surface area (Å²) in [7, 11) is 0. The van der Waals surface area contributed by atoms with Gasteiger partial charge in [-0.15, -0.1) is 0 Å². The number of carbonyl (C=O) groups excluding carboxylic acids is 1. The van der Waals surface area contributed by atoms with Gasteiger partial charge in [0.25, 0.3) is 0 Å². The van der Waals surface area contributed by atoms with Gasteiger partial charge in [-0.1, -0.05) is 185 Å². The maximum atomic E-state index is 12.4. The number of unbranched alkanes of at least 4 members (excludes halogenated alkanes) is 23. The molecule has 0 bridgehead atoms. The van der Waals surface area contributed by atoms with Gasteiger partial charge in [-0.25, -0.2) is 0 Å². The van der Waals surface area contributed by atoms with Crippen molar-refractivity contribution in [3.05, 3.63) is 36.5 Å². The molecule has 46 heavy (non-hydrogen) atoms. The minimum absolute atomic E-state index is 0.380. The Kier molecular flexibility index (Phi) is 35.3. The first-order valence-corrected chi connectivity index (χ1v) is 19.8. The van der Waals surface area contributed by atoms with Crippen LogP contribution in [0.5, 0.6) is 0 Å². The molecule has 5 nitrogen and oxygen atoms in total. The van der Waals surface area contributed by atoms with Crippen molar-refractivity contribution < 1.29 is 20.1 Å². The van der Waals surface area contributed by atoms with Crippen molar-refractivity contribution in [3.8, 4) is 0 Å². The predicted molar refractivity (Wildman–Crippen MR) is 199 cm³/mol.